The summed E-state index contributed by atoms with van der Waals surface area (Å²) >= 11 is 0. The molecule has 0 bridgehead atoms. The van der Waals surface area contributed by atoms with Gasteiger partial charge in [0.15, 0.2) is 0 Å². The Morgan fingerprint density at radius 2 is 2.00 bits per heavy atom. The van der Waals surface area contributed by atoms with Crippen molar-refractivity contribution in [2.24, 2.45) is 11.8 Å². The zero-order valence-electron chi connectivity index (χ0n) is 14.1. The maximum atomic E-state index is 12.5. The lowest BCUT2D eigenvalue weighted by molar-refractivity contribution is -0.129. The third-order valence-electron chi connectivity index (χ3n) is 5.47. The summed E-state index contributed by atoms with van der Waals surface area (Å²) in [6, 6.07) is 10.3. The van der Waals surface area contributed by atoms with Gasteiger partial charge in [0.05, 0.1) is 12.0 Å². The molecular formula is C19H28N2O3. The Morgan fingerprint density at radius 3 is 2.67 bits per heavy atom. The Kier molecular flexibility index (Phi) is 5.87. The second-order valence-electron chi connectivity index (χ2n) is 7.17. The Bertz CT molecular complexity index is 537. The van der Waals surface area contributed by atoms with Gasteiger partial charge in [-0.15, -0.1) is 0 Å². The Morgan fingerprint density at radius 1 is 1.21 bits per heavy atom. The summed E-state index contributed by atoms with van der Waals surface area (Å²) in [6.45, 7) is 2.63. The van der Waals surface area contributed by atoms with Crippen LogP contribution >= 0.6 is 0 Å². The highest BCUT2D eigenvalue weighted by Crippen LogP contribution is 2.27. The van der Waals surface area contributed by atoms with Crippen LogP contribution in [0.2, 0.25) is 0 Å². The Hall–Kier alpha value is -1.43. The minimum Gasteiger partial charge on any atom is -0.396 e. The molecule has 2 fully saturated rings. The van der Waals surface area contributed by atoms with Gasteiger partial charge in [0.25, 0.3) is 0 Å². The first-order chi connectivity index (χ1) is 11.7. The van der Waals surface area contributed by atoms with Crippen LogP contribution in [0.5, 0.6) is 0 Å². The Balaban J connectivity index is 1.60. The molecule has 1 amide bonds. The maximum Gasteiger partial charge on any atom is 0.225 e. The minimum absolute atomic E-state index is 0.0484. The number of amides is 1. The fourth-order valence-electron chi connectivity index (χ4n) is 3.97. The molecule has 1 heterocycles. The third kappa shape index (κ3) is 4.15. The summed E-state index contributed by atoms with van der Waals surface area (Å²) in [7, 11) is 0. The van der Waals surface area contributed by atoms with Crippen LogP contribution in [-0.4, -0.2) is 52.9 Å². The SMILES string of the molecule is O=C(NC1CN(Cc2ccccc2)CCC1CO)C1CCCC1O. The second kappa shape index (κ2) is 8.10. The summed E-state index contributed by atoms with van der Waals surface area (Å²) in [6.07, 6.45) is 2.75. The van der Waals surface area contributed by atoms with Crippen LogP contribution < -0.4 is 5.32 Å². The predicted molar refractivity (Wildman–Crippen MR) is 92.2 cm³/mol. The zero-order valence-corrected chi connectivity index (χ0v) is 14.1. The van der Waals surface area contributed by atoms with Crippen LogP contribution in [0.4, 0.5) is 0 Å². The molecule has 0 radical (unpaired) electrons. The smallest absolute Gasteiger partial charge is 0.225 e. The van der Waals surface area contributed by atoms with Crippen molar-refractivity contribution in [2.75, 3.05) is 19.7 Å². The standard InChI is InChI=1S/C19H28N2O3/c22-13-15-9-10-21(11-14-5-2-1-3-6-14)12-17(15)20-19(24)16-7-4-8-18(16)23/h1-3,5-6,15-18,22-23H,4,7-13H2,(H,20,24). The number of nitrogens with one attached hydrogen (secondary N) is 1. The Labute approximate surface area is 143 Å². The van der Waals surface area contributed by atoms with E-state index in [9.17, 15) is 15.0 Å². The molecule has 1 aromatic rings. The number of likely N-dealkylation sites (tertiary alicyclic amines) is 1. The van der Waals surface area contributed by atoms with Crippen LogP contribution in [0.25, 0.3) is 0 Å². The first-order valence-electron chi connectivity index (χ1n) is 9.03. The molecule has 1 saturated carbocycles. The van der Waals surface area contributed by atoms with E-state index >= 15 is 0 Å². The van der Waals surface area contributed by atoms with Crippen molar-refractivity contribution in [1.82, 2.24) is 10.2 Å². The molecule has 24 heavy (non-hydrogen) atoms. The van der Waals surface area contributed by atoms with E-state index in [2.05, 4.69) is 22.3 Å². The molecule has 4 atom stereocenters. The lowest BCUT2D eigenvalue weighted by atomic mass is 9.91. The minimum atomic E-state index is -0.512. The number of carbonyl (C=O) groups excluding carboxylic acids is 1. The van der Waals surface area contributed by atoms with Crippen molar-refractivity contribution in [3.8, 4) is 0 Å². The number of hydrogen-bond donors (Lipinski definition) is 3. The quantitative estimate of drug-likeness (QED) is 0.756. The van der Waals surface area contributed by atoms with Gasteiger partial charge in [-0.1, -0.05) is 30.3 Å². The average molecular weight is 332 g/mol. The summed E-state index contributed by atoms with van der Waals surface area (Å²) in [4.78, 5) is 14.8. The molecule has 4 unspecified atom stereocenters. The number of nitrogens with zero attached hydrogens (tertiary/aromatic N) is 1. The van der Waals surface area contributed by atoms with Crippen molar-refractivity contribution in [3.63, 3.8) is 0 Å². The van der Waals surface area contributed by atoms with Gasteiger partial charge in [-0.25, -0.2) is 0 Å². The van der Waals surface area contributed by atoms with Crippen molar-refractivity contribution < 1.29 is 15.0 Å². The van der Waals surface area contributed by atoms with Gasteiger partial charge in [0.1, 0.15) is 0 Å². The molecular weight excluding hydrogens is 304 g/mol. The van der Waals surface area contributed by atoms with Gasteiger partial charge in [0, 0.05) is 31.7 Å². The largest absolute Gasteiger partial charge is 0.396 e. The number of rotatable bonds is 5. The van der Waals surface area contributed by atoms with Gasteiger partial charge in [-0.2, -0.15) is 0 Å². The first kappa shape index (κ1) is 17.4. The van der Waals surface area contributed by atoms with E-state index in [-0.39, 0.29) is 30.4 Å². The first-order valence-corrected chi connectivity index (χ1v) is 9.03. The summed E-state index contributed by atoms with van der Waals surface area (Å²) < 4.78 is 0. The fraction of sp³-hybridized carbons (Fsp3) is 0.632. The number of piperidine rings is 1. The molecule has 1 aliphatic heterocycles. The van der Waals surface area contributed by atoms with Crippen molar-refractivity contribution in [1.29, 1.82) is 0 Å². The van der Waals surface area contributed by atoms with Crippen LogP contribution in [0, 0.1) is 11.8 Å². The number of benzene rings is 1. The van der Waals surface area contributed by atoms with Crippen LogP contribution in [0.1, 0.15) is 31.2 Å². The van der Waals surface area contributed by atoms with Gasteiger partial charge in [0.2, 0.25) is 5.91 Å². The van der Waals surface area contributed by atoms with E-state index in [0.29, 0.717) is 6.42 Å². The molecule has 132 valence electrons. The molecule has 5 nitrogen and oxygen atoms in total. The lowest BCUT2D eigenvalue weighted by Gasteiger charge is -2.38. The molecule has 1 aliphatic carbocycles. The maximum absolute atomic E-state index is 12.5. The molecule has 0 aromatic heterocycles. The fourth-order valence-corrected chi connectivity index (χ4v) is 3.97. The molecule has 3 rings (SSSR count). The van der Waals surface area contributed by atoms with E-state index in [1.807, 2.05) is 18.2 Å². The van der Waals surface area contributed by atoms with E-state index in [1.165, 1.54) is 5.56 Å². The lowest BCUT2D eigenvalue weighted by Crippen LogP contribution is -2.54. The highest BCUT2D eigenvalue weighted by atomic mass is 16.3. The van der Waals surface area contributed by atoms with Crippen LogP contribution in [0.3, 0.4) is 0 Å². The predicted octanol–water partition coefficient (Wildman–Crippen LogP) is 1.15. The zero-order chi connectivity index (χ0) is 16.9. The van der Waals surface area contributed by atoms with E-state index < -0.39 is 6.10 Å². The number of hydrogen-bond acceptors (Lipinski definition) is 4. The van der Waals surface area contributed by atoms with Gasteiger partial charge < -0.3 is 15.5 Å². The summed E-state index contributed by atoms with van der Waals surface area (Å²) in [5.74, 6) is -0.238. The molecule has 5 heteroatoms. The summed E-state index contributed by atoms with van der Waals surface area (Å²) in [5, 5.41) is 22.7. The third-order valence-corrected chi connectivity index (χ3v) is 5.47. The number of aliphatic hydroxyl groups is 2. The van der Waals surface area contributed by atoms with Crippen LogP contribution in [0.15, 0.2) is 30.3 Å². The van der Waals surface area contributed by atoms with Crippen LogP contribution in [-0.2, 0) is 11.3 Å². The van der Waals surface area contributed by atoms with Gasteiger partial charge in [-0.3, -0.25) is 9.69 Å². The second-order valence-corrected chi connectivity index (χ2v) is 7.17. The average Bonchev–Trinajstić information content (AvgIpc) is 3.02. The van der Waals surface area contributed by atoms with E-state index in [4.69, 9.17) is 0 Å². The highest BCUT2D eigenvalue weighted by Gasteiger charge is 2.35. The van der Waals surface area contributed by atoms with Crippen molar-refractivity contribution in [3.05, 3.63) is 35.9 Å². The van der Waals surface area contributed by atoms with Gasteiger partial charge >= 0.3 is 0 Å². The topological polar surface area (TPSA) is 72.8 Å². The highest BCUT2D eigenvalue weighted by molar-refractivity contribution is 5.79. The molecule has 2 aliphatic rings. The van der Waals surface area contributed by atoms with Gasteiger partial charge in [-0.05, 0) is 37.8 Å². The summed E-state index contributed by atoms with van der Waals surface area (Å²) in [5.41, 5.74) is 1.26. The number of aliphatic hydroxyl groups excluding tert-OH is 2. The van der Waals surface area contributed by atoms with E-state index in [1.54, 1.807) is 0 Å². The number of carbonyl (C=O) groups is 1. The molecule has 1 aromatic carbocycles. The van der Waals surface area contributed by atoms with Crippen molar-refractivity contribution in [2.45, 2.75) is 44.4 Å². The molecule has 1 saturated heterocycles. The molecule has 0 spiro atoms. The molecule has 3 N–H and O–H groups in total. The monoisotopic (exact) mass is 332 g/mol. The normalized spacial score (nSPS) is 31.1. The van der Waals surface area contributed by atoms with E-state index in [0.717, 1.165) is 38.9 Å². The van der Waals surface area contributed by atoms with Crippen molar-refractivity contribution >= 4 is 5.91 Å².